The monoisotopic (exact) mass is 358 g/mol. The van der Waals surface area contributed by atoms with Gasteiger partial charge >= 0.3 is 0 Å². The summed E-state index contributed by atoms with van der Waals surface area (Å²) in [6, 6.07) is 0.950. The number of sulfonamides is 1. The summed E-state index contributed by atoms with van der Waals surface area (Å²) in [4.78, 5) is -0.610. The second-order valence-corrected chi connectivity index (χ2v) is 6.87. The first-order valence-electron chi connectivity index (χ1n) is 6.75. The minimum atomic E-state index is -4.04. The van der Waals surface area contributed by atoms with Crippen LogP contribution in [0.4, 0.5) is 13.2 Å². The SMILES string of the molecule is Cl.O=S(=O)(NCCC1CCCNC1)c1cc(F)c(F)c(F)c1. The number of halogens is 4. The fourth-order valence-corrected chi connectivity index (χ4v) is 3.41. The largest absolute Gasteiger partial charge is 0.316 e. The van der Waals surface area contributed by atoms with Gasteiger partial charge in [0.1, 0.15) is 0 Å². The molecule has 0 aromatic heterocycles. The molecule has 9 heteroatoms. The van der Waals surface area contributed by atoms with Crippen molar-refractivity contribution < 1.29 is 21.6 Å². The molecule has 0 aliphatic carbocycles. The van der Waals surface area contributed by atoms with Crippen LogP contribution in [0.15, 0.2) is 17.0 Å². The first-order valence-corrected chi connectivity index (χ1v) is 8.23. The van der Waals surface area contributed by atoms with Gasteiger partial charge in [-0.25, -0.2) is 26.3 Å². The lowest BCUT2D eigenvalue weighted by Gasteiger charge is -2.22. The third-order valence-electron chi connectivity index (χ3n) is 3.51. The Balaban J connectivity index is 0.00000242. The van der Waals surface area contributed by atoms with Gasteiger partial charge in [0.15, 0.2) is 17.5 Å². The van der Waals surface area contributed by atoms with Crippen LogP contribution < -0.4 is 10.0 Å². The zero-order valence-electron chi connectivity index (χ0n) is 11.7. The van der Waals surface area contributed by atoms with E-state index in [4.69, 9.17) is 0 Å². The molecule has 1 aromatic carbocycles. The van der Waals surface area contributed by atoms with E-state index in [0.717, 1.165) is 25.9 Å². The second-order valence-electron chi connectivity index (χ2n) is 5.10. The Labute approximate surface area is 133 Å². The van der Waals surface area contributed by atoms with E-state index in [2.05, 4.69) is 10.0 Å². The zero-order valence-corrected chi connectivity index (χ0v) is 13.4. The molecule has 0 amide bonds. The van der Waals surface area contributed by atoms with E-state index in [9.17, 15) is 21.6 Å². The predicted molar refractivity (Wildman–Crippen MR) is 79.0 cm³/mol. The molecule has 1 aliphatic rings. The van der Waals surface area contributed by atoms with Gasteiger partial charge in [0.2, 0.25) is 10.0 Å². The molecule has 1 fully saturated rings. The molecule has 0 spiro atoms. The lowest BCUT2D eigenvalue weighted by atomic mass is 9.96. The minimum Gasteiger partial charge on any atom is -0.316 e. The average Bonchev–Trinajstić information content (AvgIpc) is 2.45. The number of nitrogens with one attached hydrogen (secondary N) is 2. The molecule has 22 heavy (non-hydrogen) atoms. The molecular weight excluding hydrogens is 341 g/mol. The molecule has 0 saturated carbocycles. The number of hydrogen-bond donors (Lipinski definition) is 2. The summed E-state index contributed by atoms with van der Waals surface area (Å²) in [5.41, 5.74) is 0. The van der Waals surface area contributed by atoms with Gasteiger partial charge in [-0.15, -0.1) is 12.4 Å². The van der Waals surface area contributed by atoms with Crippen LogP contribution in [0.5, 0.6) is 0 Å². The van der Waals surface area contributed by atoms with Crippen molar-refractivity contribution in [1.82, 2.24) is 10.0 Å². The maximum atomic E-state index is 13.1. The highest BCUT2D eigenvalue weighted by molar-refractivity contribution is 7.89. The standard InChI is InChI=1S/C13H17F3N2O2S.ClH/c14-11-6-10(7-12(15)13(11)16)21(19,20)18-5-3-9-2-1-4-17-8-9;/h6-7,9,17-18H,1-5,8H2;1H. The first-order chi connectivity index (χ1) is 9.90. The third-order valence-corrected chi connectivity index (χ3v) is 4.95. The number of piperidine rings is 1. The summed E-state index contributed by atoms with van der Waals surface area (Å²) in [6.45, 7) is 1.98. The normalized spacial score (nSPS) is 18.8. The van der Waals surface area contributed by atoms with Gasteiger partial charge in [-0.3, -0.25) is 0 Å². The van der Waals surface area contributed by atoms with Crippen LogP contribution in [0.2, 0.25) is 0 Å². The average molecular weight is 359 g/mol. The topological polar surface area (TPSA) is 58.2 Å². The molecule has 1 unspecified atom stereocenters. The number of benzene rings is 1. The summed E-state index contributed by atoms with van der Waals surface area (Å²) >= 11 is 0. The van der Waals surface area contributed by atoms with Gasteiger partial charge in [0.05, 0.1) is 4.90 Å². The van der Waals surface area contributed by atoms with Crippen LogP contribution in [0, 0.1) is 23.4 Å². The van der Waals surface area contributed by atoms with Crippen LogP contribution in [0.1, 0.15) is 19.3 Å². The second kappa shape index (κ2) is 8.14. The van der Waals surface area contributed by atoms with Gasteiger partial charge < -0.3 is 5.32 Å². The Morgan fingerprint density at radius 2 is 1.86 bits per heavy atom. The molecule has 1 atom stereocenters. The number of rotatable bonds is 5. The first kappa shape index (κ1) is 19.2. The van der Waals surface area contributed by atoms with Crippen molar-refractivity contribution >= 4 is 22.4 Å². The molecule has 2 rings (SSSR count). The summed E-state index contributed by atoms with van der Waals surface area (Å²) in [5, 5.41) is 3.22. The summed E-state index contributed by atoms with van der Waals surface area (Å²) < 4.78 is 65.1. The van der Waals surface area contributed by atoms with Gasteiger partial charge in [0, 0.05) is 6.54 Å². The molecular formula is C13H18ClF3N2O2S. The summed E-state index contributed by atoms with van der Waals surface area (Å²) in [5.74, 6) is -4.34. The predicted octanol–water partition coefficient (Wildman–Crippen LogP) is 2.19. The quantitative estimate of drug-likeness (QED) is 0.793. The maximum absolute atomic E-state index is 13.1. The third kappa shape index (κ3) is 4.84. The van der Waals surface area contributed by atoms with E-state index in [1.165, 1.54) is 0 Å². The molecule has 2 N–H and O–H groups in total. The Morgan fingerprint density at radius 1 is 1.23 bits per heavy atom. The van der Waals surface area contributed by atoms with Crippen molar-refractivity contribution in [2.75, 3.05) is 19.6 Å². The Hall–Kier alpha value is -0.830. The van der Waals surface area contributed by atoms with Gasteiger partial charge in [-0.05, 0) is 50.4 Å². The van der Waals surface area contributed by atoms with Crippen molar-refractivity contribution in [2.24, 2.45) is 5.92 Å². The molecule has 1 saturated heterocycles. The van der Waals surface area contributed by atoms with Crippen LogP contribution in [-0.2, 0) is 10.0 Å². The van der Waals surface area contributed by atoms with Crippen molar-refractivity contribution in [3.8, 4) is 0 Å². The molecule has 0 radical (unpaired) electrons. The summed E-state index contributed by atoms with van der Waals surface area (Å²) in [7, 11) is -4.04. The summed E-state index contributed by atoms with van der Waals surface area (Å²) in [6.07, 6.45) is 2.71. The smallest absolute Gasteiger partial charge is 0.240 e. The molecule has 1 heterocycles. The highest BCUT2D eigenvalue weighted by atomic mass is 35.5. The molecule has 1 aliphatic heterocycles. The van der Waals surface area contributed by atoms with Gasteiger partial charge in [0.25, 0.3) is 0 Å². The highest BCUT2D eigenvalue weighted by Crippen LogP contribution is 2.18. The molecule has 4 nitrogen and oxygen atoms in total. The van der Waals surface area contributed by atoms with E-state index in [-0.39, 0.29) is 19.0 Å². The lowest BCUT2D eigenvalue weighted by molar-refractivity contribution is 0.358. The van der Waals surface area contributed by atoms with Crippen LogP contribution >= 0.6 is 12.4 Å². The van der Waals surface area contributed by atoms with Crippen molar-refractivity contribution in [2.45, 2.75) is 24.2 Å². The fourth-order valence-electron chi connectivity index (χ4n) is 2.34. The van der Waals surface area contributed by atoms with E-state index in [1.54, 1.807) is 0 Å². The van der Waals surface area contributed by atoms with Crippen LogP contribution in [0.3, 0.4) is 0 Å². The van der Waals surface area contributed by atoms with E-state index >= 15 is 0 Å². The van der Waals surface area contributed by atoms with E-state index in [0.29, 0.717) is 24.5 Å². The van der Waals surface area contributed by atoms with Crippen molar-refractivity contribution in [1.29, 1.82) is 0 Å². The molecule has 1 aromatic rings. The minimum absolute atomic E-state index is 0. The zero-order chi connectivity index (χ0) is 15.5. The number of hydrogen-bond acceptors (Lipinski definition) is 3. The van der Waals surface area contributed by atoms with Crippen molar-refractivity contribution in [3.63, 3.8) is 0 Å². The van der Waals surface area contributed by atoms with E-state index < -0.39 is 32.4 Å². The van der Waals surface area contributed by atoms with Gasteiger partial charge in [-0.1, -0.05) is 0 Å². The highest BCUT2D eigenvalue weighted by Gasteiger charge is 2.20. The van der Waals surface area contributed by atoms with E-state index in [1.807, 2.05) is 0 Å². The van der Waals surface area contributed by atoms with Crippen LogP contribution in [0.25, 0.3) is 0 Å². The van der Waals surface area contributed by atoms with Crippen molar-refractivity contribution in [3.05, 3.63) is 29.6 Å². The molecule has 0 bridgehead atoms. The Morgan fingerprint density at radius 3 is 2.41 bits per heavy atom. The maximum Gasteiger partial charge on any atom is 0.240 e. The lowest BCUT2D eigenvalue weighted by Crippen LogP contribution is -2.33. The van der Waals surface area contributed by atoms with Gasteiger partial charge in [-0.2, -0.15) is 0 Å². The fraction of sp³-hybridized carbons (Fsp3) is 0.538. The Bertz CT molecular complexity index is 584. The molecule has 126 valence electrons. The van der Waals surface area contributed by atoms with Crippen LogP contribution in [-0.4, -0.2) is 28.1 Å². The Kier molecular flexibility index (Phi) is 7.11.